The van der Waals surface area contributed by atoms with Crippen molar-refractivity contribution in [1.82, 2.24) is 19.9 Å². The van der Waals surface area contributed by atoms with Gasteiger partial charge in [-0.25, -0.2) is 9.97 Å². The number of hydrogen-bond donors (Lipinski definition) is 2. The van der Waals surface area contributed by atoms with Crippen molar-refractivity contribution in [3.05, 3.63) is 61.3 Å². The summed E-state index contributed by atoms with van der Waals surface area (Å²) in [5.74, 6) is 0. The number of aromatic amines is 2. The fourth-order valence-electron chi connectivity index (χ4n) is 3.07. The second-order valence-corrected chi connectivity index (χ2v) is 10.6. The van der Waals surface area contributed by atoms with Crippen molar-refractivity contribution in [2.75, 3.05) is 0 Å². The van der Waals surface area contributed by atoms with E-state index < -0.39 is 0 Å². The van der Waals surface area contributed by atoms with Gasteiger partial charge in [-0.05, 0) is 139 Å². The minimum Gasteiger partial charge on any atom is -0.354 e. The lowest BCUT2D eigenvalue weighted by Gasteiger charge is -1.95. The third-order valence-corrected chi connectivity index (χ3v) is 9.03. The number of aromatic nitrogens is 4. The summed E-state index contributed by atoms with van der Waals surface area (Å²) in [6, 6.07) is 8.46. The van der Waals surface area contributed by atoms with Crippen LogP contribution in [0, 0.1) is 14.3 Å². The third-order valence-electron chi connectivity index (χ3n) is 4.50. The molecule has 0 unspecified atom stereocenters. The Kier molecular flexibility index (Phi) is 5.32. The fourth-order valence-corrected chi connectivity index (χ4v) is 5.53. The molecule has 0 amide bonds. The molecule has 8 heteroatoms. The molecule has 5 heterocycles. The molecule has 3 aromatic rings. The lowest BCUT2D eigenvalue weighted by molar-refractivity contribution is 1.24. The Morgan fingerprint density at radius 1 is 0.464 bits per heavy atom. The van der Waals surface area contributed by atoms with Gasteiger partial charge in [-0.3, -0.25) is 0 Å². The smallest absolute Gasteiger partial charge is 0.0793 e. The van der Waals surface area contributed by atoms with Gasteiger partial charge in [0.25, 0.3) is 0 Å². The van der Waals surface area contributed by atoms with E-state index in [0.29, 0.717) is 0 Å². The summed E-state index contributed by atoms with van der Waals surface area (Å²) < 4.78 is 4.40. The van der Waals surface area contributed by atoms with Gasteiger partial charge in [-0.15, -0.1) is 0 Å². The quantitative estimate of drug-likeness (QED) is 0.165. The maximum atomic E-state index is 4.85. The number of hydrogen-bond acceptors (Lipinski definition) is 2. The summed E-state index contributed by atoms with van der Waals surface area (Å²) in [4.78, 5) is 16.8. The standard InChI is InChI=1S/C20H10I4N4/c21-17-9-1-2-10(25-9)18(22)12-5-6-14(27-12)20(24)16-8-7-15(28-16)19(23)13-4-3-11(17)26-13/h1-8,25-26H. The molecule has 0 atom stereocenters. The van der Waals surface area contributed by atoms with Crippen LogP contribution in [0.4, 0.5) is 0 Å². The molecular weight excluding hydrogens is 804 g/mol. The SMILES string of the molecule is Ic1c2nc(c(I)c3ccc([nH]3)c(I)c3ccc([nH]3)c(I)c3nc1C=C3)C=C2. The highest BCUT2D eigenvalue weighted by atomic mass is 127. The molecule has 0 radical (unpaired) electrons. The molecule has 0 aliphatic carbocycles. The van der Waals surface area contributed by atoms with Crippen LogP contribution in [0.5, 0.6) is 0 Å². The zero-order chi connectivity index (χ0) is 19.4. The first-order chi connectivity index (χ1) is 13.5. The van der Waals surface area contributed by atoms with Crippen LogP contribution >= 0.6 is 90.4 Å². The van der Waals surface area contributed by atoms with E-state index in [1.165, 1.54) is 0 Å². The summed E-state index contributed by atoms with van der Waals surface area (Å²) in [7, 11) is 0. The predicted molar refractivity (Wildman–Crippen MR) is 150 cm³/mol. The summed E-state index contributed by atoms with van der Waals surface area (Å²) >= 11 is 9.45. The zero-order valence-corrected chi connectivity index (χ0v) is 22.7. The molecule has 8 bridgehead atoms. The van der Waals surface area contributed by atoms with E-state index in [9.17, 15) is 0 Å². The van der Waals surface area contributed by atoms with Crippen molar-refractivity contribution in [2.24, 2.45) is 0 Å². The average Bonchev–Trinajstić information content (AvgIpc) is 3.49. The molecule has 3 aromatic heterocycles. The molecule has 0 aromatic carbocycles. The Bertz CT molecular complexity index is 1260. The number of nitrogens with zero attached hydrogens (tertiary/aromatic N) is 2. The van der Waals surface area contributed by atoms with Crippen LogP contribution in [0.15, 0.2) is 24.3 Å². The molecule has 0 fully saturated rings. The van der Waals surface area contributed by atoms with Crippen molar-refractivity contribution >= 4 is 137 Å². The molecule has 138 valence electrons. The van der Waals surface area contributed by atoms with E-state index in [0.717, 1.165) is 59.1 Å². The molecule has 5 rings (SSSR count). The van der Waals surface area contributed by atoms with E-state index in [1.54, 1.807) is 0 Å². The van der Waals surface area contributed by atoms with Crippen molar-refractivity contribution in [1.29, 1.82) is 0 Å². The Labute approximate surface area is 215 Å². The molecule has 28 heavy (non-hydrogen) atoms. The van der Waals surface area contributed by atoms with Gasteiger partial charge in [0.1, 0.15) is 0 Å². The Morgan fingerprint density at radius 2 is 0.786 bits per heavy atom. The molecular formula is C20H10I4N4. The molecule has 0 saturated heterocycles. The minimum atomic E-state index is 0.951. The Hall–Kier alpha value is -0.480. The van der Waals surface area contributed by atoms with Crippen LogP contribution in [0.25, 0.3) is 46.4 Å². The molecule has 2 aliphatic rings. The first-order valence-corrected chi connectivity index (χ1v) is 12.6. The van der Waals surface area contributed by atoms with Crippen LogP contribution in [-0.2, 0) is 0 Å². The zero-order valence-electron chi connectivity index (χ0n) is 14.0. The van der Waals surface area contributed by atoms with Crippen molar-refractivity contribution in [3.63, 3.8) is 0 Å². The van der Waals surface area contributed by atoms with Gasteiger partial charge in [0.15, 0.2) is 0 Å². The van der Waals surface area contributed by atoms with Crippen LogP contribution in [0.1, 0.15) is 22.8 Å². The minimum absolute atomic E-state index is 0.951. The summed E-state index contributed by atoms with van der Waals surface area (Å²) in [5, 5.41) is 0. The molecule has 0 saturated carbocycles. The number of rotatable bonds is 0. The second kappa shape index (κ2) is 7.65. The number of nitrogens with one attached hydrogen (secondary N) is 2. The lowest BCUT2D eigenvalue weighted by Crippen LogP contribution is -1.88. The molecule has 2 N–H and O–H groups in total. The number of H-pyrrole nitrogens is 2. The summed E-state index contributed by atoms with van der Waals surface area (Å²) in [6.07, 6.45) is 8.26. The monoisotopic (exact) mass is 814 g/mol. The fraction of sp³-hybridized carbons (Fsp3) is 0. The number of halogens is 4. The highest BCUT2D eigenvalue weighted by Crippen LogP contribution is 2.28. The first kappa shape index (κ1) is 19.5. The Morgan fingerprint density at radius 3 is 1.18 bits per heavy atom. The molecule has 4 nitrogen and oxygen atoms in total. The van der Waals surface area contributed by atoms with E-state index >= 15 is 0 Å². The van der Waals surface area contributed by atoms with Gasteiger partial charge >= 0.3 is 0 Å². The van der Waals surface area contributed by atoms with E-state index in [4.69, 9.17) is 9.97 Å². The third kappa shape index (κ3) is 3.37. The van der Waals surface area contributed by atoms with Crippen LogP contribution in [0.3, 0.4) is 0 Å². The topological polar surface area (TPSA) is 57.4 Å². The van der Waals surface area contributed by atoms with Gasteiger partial charge < -0.3 is 9.97 Å². The largest absolute Gasteiger partial charge is 0.354 e. The second-order valence-electron chi connectivity index (χ2n) is 6.26. The highest BCUT2D eigenvalue weighted by molar-refractivity contribution is 14.1. The van der Waals surface area contributed by atoms with Gasteiger partial charge in [-0.1, -0.05) is 0 Å². The first-order valence-electron chi connectivity index (χ1n) is 8.29. The average molecular weight is 814 g/mol. The maximum absolute atomic E-state index is 4.85. The summed E-state index contributed by atoms with van der Waals surface area (Å²) in [6.45, 7) is 0. The molecule has 0 spiro atoms. The van der Waals surface area contributed by atoms with Crippen molar-refractivity contribution in [3.8, 4) is 0 Å². The number of fused-ring (bicyclic) bond motifs is 8. The maximum Gasteiger partial charge on any atom is 0.0793 e. The van der Waals surface area contributed by atoms with E-state index in [1.807, 2.05) is 0 Å². The lowest BCUT2D eigenvalue weighted by atomic mass is 10.3. The normalized spacial score (nSPS) is 12.7. The summed E-state index contributed by atoms with van der Waals surface area (Å²) in [5.41, 5.74) is 8.14. The highest BCUT2D eigenvalue weighted by Gasteiger charge is 2.13. The van der Waals surface area contributed by atoms with E-state index in [-0.39, 0.29) is 0 Å². The van der Waals surface area contributed by atoms with Crippen molar-refractivity contribution < 1.29 is 0 Å². The van der Waals surface area contributed by atoms with Gasteiger partial charge in [0, 0.05) is 0 Å². The van der Waals surface area contributed by atoms with Gasteiger partial charge in [0.05, 0.1) is 59.1 Å². The van der Waals surface area contributed by atoms with Crippen LogP contribution in [0.2, 0.25) is 0 Å². The predicted octanol–water partition coefficient (Wildman–Crippen LogP) is 7.07. The van der Waals surface area contributed by atoms with Crippen LogP contribution in [-0.4, -0.2) is 19.9 Å². The van der Waals surface area contributed by atoms with Gasteiger partial charge in [-0.2, -0.15) is 0 Å². The van der Waals surface area contributed by atoms with Gasteiger partial charge in [0.2, 0.25) is 0 Å². The van der Waals surface area contributed by atoms with Crippen molar-refractivity contribution in [2.45, 2.75) is 0 Å². The van der Waals surface area contributed by atoms with Crippen LogP contribution < -0.4 is 0 Å². The Balaban J connectivity index is 1.97. The molecule has 2 aliphatic heterocycles. The van der Waals surface area contributed by atoms with E-state index in [2.05, 4.69) is 149 Å².